The minimum absolute atomic E-state index is 0.0220. The van der Waals surface area contributed by atoms with E-state index in [2.05, 4.69) is 0 Å². The van der Waals surface area contributed by atoms with E-state index in [4.69, 9.17) is 10.2 Å². The van der Waals surface area contributed by atoms with E-state index in [-0.39, 0.29) is 12.2 Å². The van der Waals surface area contributed by atoms with Crippen LogP contribution in [-0.4, -0.2) is 75.6 Å². The quantitative estimate of drug-likeness (QED) is 0.178. The maximum Gasteiger partial charge on any atom is 0.345 e. The van der Waals surface area contributed by atoms with Gasteiger partial charge in [0.1, 0.15) is 0 Å². The van der Waals surface area contributed by atoms with Crippen molar-refractivity contribution >= 4 is 11.9 Å². The van der Waals surface area contributed by atoms with Crippen LogP contribution in [0.15, 0.2) is 12.2 Å². The highest BCUT2D eigenvalue weighted by Crippen LogP contribution is 2.42. The predicted molar refractivity (Wildman–Crippen MR) is 48.6 cm³/mol. The molecule has 0 amide bonds. The molecule has 10 nitrogen and oxygen atoms in total. The normalized spacial score (nSPS) is 37.2. The van der Waals surface area contributed by atoms with E-state index in [1.165, 1.54) is 0 Å². The van der Waals surface area contributed by atoms with Crippen LogP contribution in [0, 0.1) is 0 Å². The summed E-state index contributed by atoms with van der Waals surface area (Å²) in [7, 11) is 0. The minimum atomic E-state index is -4.28. The van der Waals surface area contributed by atoms with Crippen molar-refractivity contribution in [3.05, 3.63) is 12.2 Å². The van der Waals surface area contributed by atoms with E-state index < -0.39 is 34.7 Å². The van der Waals surface area contributed by atoms with Gasteiger partial charge in [-0.2, -0.15) is 0 Å². The minimum Gasteiger partial charge on any atom is -0.479 e. The molecule has 102 valence electrons. The second-order valence-electron chi connectivity index (χ2n) is 3.82. The zero-order chi connectivity index (χ0) is 14.6. The molecule has 0 heterocycles. The molecule has 0 aliphatic heterocycles. The van der Waals surface area contributed by atoms with Gasteiger partial charge in [-0.05, 0) is 12.2 Å². The van der Waals surface area contributed by atoms with Crippen molar-refractivity contribution in [1.29, 1.82) is 0 Å². The Morgan fingerprint density at radius 2 is 0.889 bits per heavy atom. The highest BCUT2D eigenvalue weighted by molar-refractivity contribution is 5.87. The van der Waals surface area contributed by atoms with Crippen LogP contribution in [0.25, 0.3) is 0 Å². The van der Waals surface area contributed by atoms with Crippen molar-refractivity contribution in [3.63, 3.8) is 0 Å². The number of hydrogen-bond donors (Lipinski definition) is 8. The highest BCUT2D eigenvalue weighted by Gasteiger charge is 2.76. The lowest BCUT2D eigenvalue weighted by Gasteiger charge is -2.49. The van der Waals surface area contributed by atoms with E-state index in [0.29, 0.717) is 0 Å². The molecule has 0 aromatic heterocycles. The molecular weight excluding hydrogens is 256 g/mol. The van der Waals surface area contributed by atoms with Gasteiger partial charge >= 0.3 is 11.9 Å². The Balaban J connectivity index is 3.61. The molecule has 1 rings (SSSR count). The molecule has 1 aliphatic rings. The van der Waals surface area contributed by atoms with Crippen LogP contribution in [0.1, 0.15) is 0 Å². The van der Waals surface area contributed by atoms with Gasteiger partial charge in [0.25, 0.3) is 11.6 Å². The Kier molecular flexibility index (Phi) is 2.80. The van der Waals surface area contributed by atoms with E-state index in [9.17, 15) is 40.2 Å². The van der Waals surface area contributed by atoms with Crippen molar-refractivity contribution < 1.29 is 50.4 Å². The zero-order valence-corrected chi connectivity index (χ0v) is 8.55. The summed E-state index contributed by atoms with van der Waals surface area (Å²) in [4.78, 5) is 21.4. The Morgan fingerprint density at radius 3 is 1.06 bits per heavy atom. The number of aliphatic carboxylic acids is 2. The summed E-state index contributed by atoms with van der Waals surface area (Å²) in [5, 5.41) is 73.3. The Hall–Kier alpha value is -1.56. The first-order valence-electron chi connectivity index (χ1n) is 4.36. The maximum absolute atomic E-state index is 10.7. The Labute approximate surface area is 98.3 Å². The van der Waals surface area contributed by atoms with Crippen LogP contribution >= 0.6 is 0 Å². The van der Waals surface area contributed by atoms with Gasteiger partial charge < -0.3 is 40.9 Å². The third-order valence-corrected chi connectivity index (χ3v) is 2.77. The molecule has 0 aromatic rings. The molecule has 18 heavy (non-hydrogen) atoms. The second-order valence-corrected chi connectivity index (χ2v) is 3.82. The van der Waals surface area contributed by atoms with Crippen molar-refractivity contribution in [2.75, 3.05) is 0 Å². The number of carboxylic acid groups (broad SMARTS) is 2. The largest absolute Gasteiger partial charge is 0.479 e. The van der Waals surface area contributed by atoms with Crippen LogP contribution in [0.4, 0.5) is 0 Å². The first-order chi connectivity index (χ1) is 7.84. The standard InChI is InChI=1S/C8H10O10/c9-3(10)5(13)1-2-6(14,4(11)12)8(17,18)7(5,15)16/h1-2,13-18H,(H,9,10)(H,11,12). The number of rotatable bonds is 2. The average Bonchev–Trinajstić information content (AvgIpc) is 2.22. The van der Waals surface area contributed by atoms with Gasteiger partial charge in [-0.3, -0.25) is 0 Å². The first kappa shape index (κ1) is 14.5. The second kappa shape index (κ2) is 3.47. The molecule has 0 bridgehead atoms. The predicted octanol–water partition coefficient (Wildman–Crippen LogP) is -4.45. The van der Waals surface area contributed by atoms with Crippen LogP contribution in [-0.2, 0) is 9.59 Å². The fourth-order valence-electron chi connectivity index (χ4n) is 1.45. The number of aliphatic hydroxyl groups is 6. The summed E-state index contributed by atoms with van der Waals surface area (Å²) >= 11 is 0. The van der Waals surface area contributed by atoms with E-state index in [1.54, 1.807) is 0 Å². The van der Waals surface area contributed by atoms with Gasteiger partial charge in [0.2, 0.25) is 11.2 Å². The van der Waals surface area contributed by atoms with Crippen molar-refractivity contribution in [3.8, 4) is 0 Å². The van der Waals surface area contributed by atoms with Crippen LogP contribution in [0.5, 0.6) is 0 Å². The van der Waals surface area contributed by atoms with Gasteiger partial charge in [0.05, 0.1) is 0 Å². The van der Waals surface area contributed by atoms with Crippen molar-refractivity contribution in [1.82, 2.24) is 0 Å². The summed E-state index contributed by atoms with van der Waals surface area (Å²) in [6.07, 6.45) is 0.0439. The third-order valence-electron chi connectivity index (χ3n) is 2.77. The number of carbonyl (C=O) groups is 2. The third kappa shape index (κ3) is 1.32. The van der Waals surface area contributed by atoms with Crippen LogP contribution in [0.2, 0.25) is 0 Å². The average molecular weight is 266 g/mol. The van der Waals surface area contributed by atoms with Gasteiger partial charge in [0.15, 0.2) is 0 Å². The van der Waals surface area contributed by atoms with E-state index in [1.807, 2.05) is 0 Å². The van der Waals surface area contributed by atoms with Gasteiger partial charge in [-0.25, -0.2) is 9.59 Å². The SMILES string of the molecule is O=C(O)C1(O)C=CC(O)(C(=O)O)C(O)(O)C1(O)O. The molecule has 0 aromatic carbocycles. The molecule has 0 radical (unpaired) electrons. The van der Waals surface area contributed by atoms with Crippen molar-refractivity contribution in [2.45, 2.75) is 22.8 Å². The maximum atomic E-state index is 10.7. The lowest BCUT2D eigenvalue weighted by atomic mass is 9.72. The van der Waals surface area contributed by atoms with Crippen LogP contribution < -0.4 is 0 Å². The molecule has 0 spiro atoms. The Morgan fingerprint density at radius 1 is 0.667 bits per heavy atom. The smallest absolute Gasteiger partial charge is 0.345 e. The summed E-state index contributed by atoms with van der Waals surface area (Å²) in [6.45, 7) is 0. The molecule has 1 aliphatic carbocycles. The summed E-state index contributed by atoms with van der Waals surface area (Å²) in [6, 6.07) is 0. The fourth-order valence-corrected chi connectivity index (χ4v) is 1.45. The monoisotopic (exact) mass is 266 g/mol. The fraction of sp³-hybridized carbons (Fsp3) is 0.500. The number of hydrogen-bond acceptors (Lipinski definition) is 8. The summed E-state index contributed by atoms with van der Waals surface area (Å²) in [5.41, 5.74) is -7.25. The van der Waals surface area contributed by atoms with Crippen LogP contribution in [0.3, 0.4) is 0 Å². The molecule has 0 saturated carbocycles. The van der Waals surface area contributed by atoms with Crippen molar-refractivity contribution in [2.24, 2.45) is 0 Å². The molecule has 10 heteroatoms. The van der Waals surface area contributed by atoms with E-state index >= 15 is 0 Å². The molecule has 2 unspecified atom stereocenters. The summed E-state index contributed by atoms with van der Waals surface area (Å²) in [5.74, 6) is -13.2. The highest BCUT2D eigenvalue weighted by atomic mass is 16.6. The molecule has 8 N–H and O–H groups in total. The Bertz CT molecular complexity index is 397. The first-order valence-corrected chi connectivity index (χ1v) is 4.36. The number of carboxylic acids is 2. The topological polar surface area (TPSA) is 196 Å². The van der Waals surface area contributed by atoms with Gasteiger partial charge in [-0.1, -0.05) is 0 Å². The van der Waals surface area contributed by atoms with E-state index in [0.717, 1.165) is 0 Å². The van der Waals surface area contributed by atoms with Gasteiger partial charge in [0, 0.05) is 0 Å². The zero-order valence-electron chi connectivity index (χ0n) is 8.55. The lowest BCUT2D eigenvalue weighted by molar-refractivity contribution is -0.429. The molecule has 0 fully saturated rings. The molecule has 0 saturated heterocycles. The summed E-state index contributed by atoms with van der Waals surface area (Å²) < 4.78 is 0. The lowest BCUT2D eigenvalue weighted by Crippen LogP contribution is -2.80. The molecule has 2 atom stereocenters. The molecular formula is C8H10O10. The van der Waals surface area contributed by atoms with Gasteiger partial charge in [-0.15, -0.1) is 0 Å².